The van der Waals surface area contributed by atoms with Crippen LogP contribution in [-0.2, 0) is 4.79 Å². The lowest BCUT2D eigenvalue weighted by molar-refractivity contribution is -0.125. The van der Waals surface area contributed by atoms with Gasteiger partial charge in [-0.05, 0) is 38.5 Å². The van der Waals surface area contributed by atoms with Crippen LogP contribution in [0.25, 0.3) is 22.4 Å². The summed E-state index contributed by atoms with van der Waals surface area (Å²) in [5.74, 6) is 0.566. The van der Waals surface area contributed by atoms with Crippen LogP contribution >= 0.6 is 0 Å². The average molecular weight is 435 g/mol. The Morgan fingerprint density at radius 2 is 2.19 bits per heavy atom. The smallest absolute Gasteiger partial charge is 0.246 e. The lowest BCUT2D eigenvalue weighted by Gasteiger charge is -2.16. The van der Waals surface area contributed by atoms with Gasteiger partial charge in [-0.15, -0.1) is 0 Å². The molecule has 0 radical (unpaired) electrons. The van der Waals surface area contributed by atoms with Gasteiger partial charge >= 0.3 is 0 Å². The van der Waals surface area contributed by atoms with Crippen LogP contribution in [0.4, 0.5) is 0 Å². The SMILES string of the molecule is C=CC(=O)N1CCC(n2nc(C=O)c(/C(N)=N\NC)c2-c2oc3ccc(C)cc3c2C)C1. The van der Waals surface area contributed by atoms with E-state index in [-0.39, 0.29) is 23.5 Å². The second-order valence-electron chi connectivity index (χ2n) is 7.88. The highest BCUT2D eigenvalue weighted by Gasteiger charge is 2.34. The third-order valence-corrected chi connectivity index (χ3v) is 5.84. The second-order valence-corrected chi connectivity index (χ2v) is 7.88. The summed E-state index contributed by atoms with van der Waals surface area (Å²) in [5.41, 5.74) is 12.8. The fraction of sp³-hybridized carbons (Fsp3) is 0.304. The second kappa shape index (κ2) is 8.33. The number of amidine groups is 1. The largest absolute Gasteiger partial charge is 0.454 e. The molecule has 3 heterocycles. The number of aryl methyl sites for hydroxylation is 2. The maximum Gasteiger partial charge on any atom is 0.246 e. The monoisotopic (exact) mass is 434 g/mol. The molecule has 0 saturated carbocycles. The van der Waals surface area contributed by atoms with Gasteiger partial charge in [-0.2, -0.15) is 10.2 Å². The zero-order chi connectivity index (χ0) is 23.0. The highest BCUT2D eigenvalue weighted by atomic mass is 16.3. The van der Waals surface area contributed by atoms with Crippen LogP contribution in [0.3, 0.4) is 0 Å². The van der Waals surface area contributed by atoms with Crippen molar-refractivity contribution < 1.29 is 14.0 Å². The van der Waals surface area contributed by atoms with E-state index in [0.717, 1.165) is 22.1 Å². The molecule has 1 saturated heterocycles. The summed E-state index contributed by atoms with van der Waals surface area (Å²) in [7, 11) is 1.63. The minimum absolute atomic E-state index is 0.129. The number of carbonyl (C=O) groups is 2. The van der Waals surface area contributed by atoms with E-state index in [9.17, 15) is 9.59 Å². The van der Waals surface area contributed by atoms with E-state index in [2.05, 4.69) is 28.3 Å². The Kier molecular flexibility index (Phi) is 5.56. The Morgan fingerprint density at radius 3 is 2.88 bits per heavy atom. The maximum absolute atomic E-state index is 12.1. The molecule has 9 heteroatoms. The predicted octanol–water partition coefficient (Wildman–Crippen LogP) is 2.52. The highest BCUT2D eigenvalue weighted by molar-refractivity contribution is 6.08. The fourth-order valence-electron chi connectivity index (χ4n) is 4.28. The van der Waals surface area contributed by atoms with Gasteiger partial charge in [0.05, 0.1) is 11.6 Å². The molecule has 1 atom stereocenters. The van der Waals surface area contributed by atoms with Crippen LogP contribution in [-0.4, -0.2) is 52.8 Å². The predicted molar refractivity (Wildman–Crippen MR) is 123 cm³/mol. The molecule has 3 aromatic rings. The number of nitrogens with two attached hydrogens (primary N) is 1. The third-order valence-electron chi connectivity index (χ3n) is 5.84. The fourth-order valence-corrected chi connectivity index (χ4v) is 4.28. The molecule has 2 aromatic heterocycles. The molecule has 1 aliphatic rings. The summed E-state index contributed by atoms with van der Waals surface area (Å²) in [6, 6.07) is 5.81. The molecular weight excluding hydrogens is 408 g/mol. The van der Waals surface area contributed by atoms with Crippen molar-refractivity contribution in [1.29, 1.82) is 0 Å². The number of carbonyl (C=O) groups excluding carboxylic acids is 2. The number of aromatic nitrogens is 2. The van der Waals surface area contributed by atoms with Crippen molar-refractivity contribution in [3.63, 3.8) is 0 Å². The standard InChI is InChI=1S/C23H26N6O3/c1-5-19(31)28-9-8-15(11-28)29-21(20(17(12-30)27-29)23(24)26-25-4)22-14(3)16-10-13(2)6-7-18(16)32-22/h5-7,10,12,15,25H,1,8-9,11H2,2-4H3,(H2,24,26). The molecule has 1 aromatic carbocycles. The van der Waals surface area contributed by atoms with Gasteiger partial charge in [0.15, 0.2) is 17.9 Å². The number of likely N-dealkylation sites (tertiary alicyclic amines) is 1. The first-order valence-electron chi connectivity index (χ1n) is 10.4. The molecule has 9 nitrogen and oxygen atoms in total. The van der Waals surface area contributed by atoms with Crippen LogP contribution in [0.5, 0.6) is 0 Å². The van der Waals surface area contributed by atoms with E-state index in [4.69, 9.17) is 10.2 Å². The number of nitrogens with zero attached hydrogens (tertiary/aromatic N) is 4. The van der Waals surface area contributed by atoms with E-state index in [1.54, 1.807) is 16.6 Å². The van der Waals surface area contributed by atoms with E-state index >= 15 is 0 Å². The number of hydrogen-bond donors (Lipinski definition) is 2. The maximum atomic E-state index is 12.1. The number of aldehydes is 1. The number of furan rings is 1. The van der Waals surface area contributed by atoms with Crippen molar-refractivity contribution in [2.45, 2.75) is 26.3 Å². The van der Waals surface area contributed by atoms with Crippen molar-refractivity contribution in [3.05, 3.63) is 53.2 Å². The zero-order valence-corrected chi connectivity index (χ0v) is 18.4. The Bertz CT molecular complexity index is 1250. The van der Waals surface area contributed by atoms with Crippen molar-refractivity contribution in [2.75, 3.05) is 20.1 Å². The number of amides is 1. The number of rotatable bonds is 6. The molecule has 1 unspecified atom stereocenters. The van der Waals surface area contributed by atoms with Crippen LogP contribution in [0.1, 0.15) is 39.6 Å². The minimum atomic E-state index is -0.155. The number of hydrazone groups is 1. The summed E-state index contributed by atoms with van der Waals surface area (Å²) >= 11 is 0. The Hall–Kier alpha value is -3.88. The number of benzene rings is 1. The molecule has 1 fully saturated rings. The molecule has 4 rings (SSSR count). The normalized spacial score (nSPS) is 16.5. The Morgan fingerprint density at radius 1 is 1.41 bits per heavy atom. The van der Waals surface area contributed by atoms with Gasteiger partial charge in [-0.3, -0.25) is 14.3 Å². The Balaban J connectivity index is 1.96. The number of nitrogens with one attached hydrogen (secondary N) is 1. The van der Waals surface area contributed by atoms with Gasteiger partial charge < -0.3 is 20.5 Å². The molecule has 166 valence electrons. The van der Waals surface area contributed by atoms with Gasteiger partial charge in [0.2, 0.25) is 5.91 Å². The van der Waals surface area contributed by atoms with Gasteiger partial charge in [-0.1, -0.05) is 18.2 Å². The number of fused-ring (bicyclic) bond motifs is 1. The van der Waals surface area contributed by atoms with Crippen LogP contribution in [0.2, 0.25) is 0 Å². The van der Waals surface area contributed by atoms with E-state index < -0.39 is 0 Å². The lowest BCUT2D eigenvalue weighted by atomic mass is 10.0. The molecule has 0 aliphatic carbocycles. The molecule has 1 aliphatic heterocycles. The van der Waals surface area contributed by atoms with Gasteiger partial charge in [0, 0.05) is 31.1 Å². The van der Waals surface area contributed by atoms with Crippen LogP contribution in [0.15, 0.2) is 40.4 Å². The van der Waals surface area contributed by atoms with E-state index in [0.29, 0.717) is 42.8 Å². The molecule has 1 amide bonds. The third kappa shape index (κ3) is 3.45. The summed E-state index contributed by atoms with van der Waals surface area (Å²) < 4.78 is 8.01. The molecule has 0 bridgehead atoms. The van der Waals surface area contributed by atoms with Crippen LogP contribution in [0, 0.1) is 13.8 Å². The van der Waals surface area contributed by atoms with Crippen LogP contribution < -0.4 is 11.2 Å². The highest BCUT2D eigenvalue weighted by Crippen LogP contribution is 2.38. The molecule has 3 N–H and O–H groups in total. The Labute approximate surface area is 185 Å². The minimum Gasteiger partial charge on any atom is -0.454 e. The molecule has 32 heavy (non-hydrogen) atoms. The summed E-state index contributed by atoms with van der Waals surface area (Å²) in [5, 5.41) is 9.65. The quantitative estimate of drug-likeness (QED) is 0.202. The van der Waals surface area contributed by atoms with Crippen molar-refractivity contribution in [2.24, 2.45) is 10.8 Å². The first-order chi connectivity index (χ1) is 15.4. The molecular formula is C23H26N6O3. The number of hydrogen-bond acceptors (Lipinski definition) is 6. The summed E-state index contributed by atoms with van der Waals surface area (Å²) in [6.07, 6.45) is 2.64. The zero-order valence-electron chi connectivity index (χ0n) is 18.4. The van der Waals surface area contributed by atoms with Gasteiger partial charge in [-0.25, -0.2) is 0 Å². The topological polar surface area (TPSA) is 119 Å². The first kappa shape index (κ1) is 21.4. The lowest BCUT2D eigenvalue weighted by Crippen LogP contribution is -2.27. The van der Waals surface area contributed by atoms with Gasteiger partial charge in [0.25, 0.3) is 0 Å². The molecule has 0 spiro atoms. The van der Waals surface area contributed by atoms with Crippen molar-refractivity contribution in [3.8, 4) is 11.5 Å². The van der Waals surface area contributed by atoms with Gasteiger partial charge in [0.1, 0.15) is 17.0 Å². The summed E-state index contributed by atoms with van der Waals surface area (Å²) in [6.45, 7) is 8.57. The summed E-state index contributed by atoms with van der Waals surface area (Å²) in [4.78, 5) is 25.8. The first-order valence-corrected chi connectivity index (χ1v) is 10.4. The van der Waals surface area contributed by atoms with Crippen molar-refractivity contribution >= 4 is 29.0 Å². The van der Waals surface area contributed by atoms with E-state index in [1.165, 1.54) is 6.08 Å². The van der Waals surface area contributed by atoms with E-state index in [1.807, 2.05) is 26.0 Å². The average Bonchev–Trinajstić information content (AvgIpc) is 3.49. The van der Waals surface area contributed by atoms with Crippen molar-refractivity contribution in [1.82, 2.24) is 20.1 Å².